The number of hydrogen-bond acceptors (Lipinski definition) is 2. The van der Waals surface area contributed by atoms with Crippen LogP contribution in [0, 0.1) is 24.1 Å². The molecule has 0 aliphatic heterocycles. The largest absolute Gasteiger partial charge is 0.507 e. The SMILES string of the molecule is Cc1cc(F)c2c(O)cc(C#N)cc2c1. The van der Waals surface area contributed by atoms with Crippen molar-refractivity contribution in [3.63, 3.8) is 0 Å². The molecule has 0 aliphatic carbocycles. The third-order valence-corrected chi connectivity index (χ3v) is 2.25. The Bertz CT molecular complexity index is 584. The van der Waals surface area contributed by atoms with Crippen LogP contribution in [-0.4, -0.2) is 5.11 Å². The summed E-state index contributed by atoms with van der Waals surface area (Å²) in [5.41, 5.74) is 1.08. The zero-order valence-electron chi connectivity index (χ0n) is 8.08. The van der Waals surface area contributed by atoms with E-state index in [4.69, 9.17) is 5.26 Å². The number of rotatable bonds is 0. The number of aryl methyl sites for hydroxylation is 1. The molecule has 2 aromatic carbocycles. The van der Waals surface area contributed by atoms with Gasteiger partial charge in [-0.2, -0.15) is 5.26 Å². The summed E-state index contributed by atoms with van der Waals surface area (Å²) in [4.78, 5) is 0. The van der Waals surface area contributed by atoms with E-state index >= 15 is 0 Å². The van der Waals surface area contributed by atoms with E-state index < -0.39 is 5.82 Å². The number of aromatic hydroxyl groups is 1. The maximum Gasteiger partial charge on any atom is 0.135 e. The molecule has 15 heavy (non-hydrogen) atoms. The van der Waals surface area contributed by atoms with E-state index in [-0.39, 0.29) is 11.1 Å². The first-order chi connectivity index (χ1) is 7.11. The van der Waals surface area contributed by atoms with E-state index in [0.29, 0.717) is 10.9 Å². The van der Waals surface area contributed by atoms with Crippen molar-refractivity contribution in [2.75, 3.05) is 0 Å². The fourth-order valence-corrected chi connectivity index (χ4v) is 1.65. The molecular formula is C12H8FNO. The highest BCUT2D eigenvalue weighted by atomic mass is 19.1. The van der Waals surface area contributed by atoms with E-state index in [0.717, 1.165) is 5.56 Å². The predicted molar refractivity (Wildman–Crippen MR) is 55.0 cm³/mol. The van der Waals surface area contributed by atoms with E-state index in [9.17, 15) is 9.50 Å². The van der Waals surface area contributed by atoms with Crippen LogP contribution in [0.1, 0.15) is 11.1 Å². The van der Waals surface area contributed by atoms with Crippen molar-refractivity contribution in [2.24, 2.45) is 0 Å². The first kappa shape index (κ1) is 9.47. The molecule has 0 radical (unpaired) electrons. The highest BCUT2D eigenvalue weighted by Gasteiger charge is 2.08. The maximum absolute atomic E-state index is 13.5. The van der Waals surface area contributed by atoms with Gasteiger partial charge in [-0.1, -0.05) is 6.07 Å². The molecular weight excluding hydrogens is 193 g/mol. The molecule has 74 valence electrons. The van der Waals surface area contributed by atoms with Crippen molar-refractivity contribution in [3.8, 4) is 11.8 Å². The summed E-state index contributed by atoms with van der Waals surface area (Å²) in [6.45, 7) is 1.76. The molecule has 0 heterocycles. The summed E-state index contributed by atoms with van der Waals surface area (Å²) in [5, 5.41) is 19.0. The average molecular weight is 201 g/mol. The van der Waals surface area contributed by atoms with Gasteiger partial charge in [0.1, 0.15) is 11.6 Å². The predicted octanol–water partition coefficient (Wildman–Crippen LogP) is 2.86. The number of fused-ring (bicyclic) bond motifs is 1. The van der Waals surface area contributed by atoms with Gasteiger partial charge >= 0.3 is 0 Å². The summed E-state index contributed by atoms with van der Waals surface area (Å²) in [5.74, 6) is -0.659. The van der Waals surface area contributed by atoms with Crippen LogP contribution in [0.15, 0.2) is 24.3 Å². The molecule has 2 aromatic rings. The standard InChI is InChI=1S/C12H8FNO/c1-7-2-9-4-8(6-14)5-11(15)12(9)10(13)3-7/h2-5,15H,1H3. The maximum atomic E-state index is 13.5. The quantitative estimate of drug-likeness (QED) is 0.712. The minimum Gasteiger partial charge on any atom is -0.507 e. The monoisotopic (exact) mass is 201 g/mol. The number of phenolic OH excluding ortho intramolecular Hbond substituents is 1. The smallest absolute Gasteiger partial charge is 0.135 e. The Hall–Kier alpha value is -2.08. The van der Waals surface area contributed by atoms with Crippen LogP contribution >= 0.6 is 0 Å². The van der Waals surface area contributed by atoms with Gasteiger partial charge in [-0.25, -0.2) is 4.39 Å². The fraction of sp³-hybridized carbons (Fsp3) is 0.0833. The zero-order valence-corrected chi connectivity index (χ0v) is 8.08. The van der Waals surface area contributed by atoms with Crippen molar-refractivity contribution in [1.29, 1.82) is 5.26 Å². The second kappa shape index (κ2) is 3.25. The minimum atomic E-state index is -0.466. The van der Waals surface area contributed by atoms with Crippen LogP contribution in [0.25, 0.3) is 10.8 Å². The van der Waals surface area contributed by atoms with Crippen molar-refractivity contribution < 1.29 is 9.50 Å². The Kier molecular flexibility index (Phi) is 2.05. The first-order valence-corrected chi connectivity index (χ1v) is 4.45. The van der Waals surface area contributed by atoms with Gasteiger partial charge in [0.15, 0.2) is 0 Å². The number of nitriles is 1. The Morgan fingerprint density at radius 3 is 2.67 bits per heavy atom. The van der Waals surface area contributed by atoms with E-state index in [1.165, 1.54) is 12.1 Å². The summed E-state index contributed by atoms with van der Waals surface area (Å²) >= 11 is 0. The Morgan fingerprint density at radius 1 is 1.27 bits per heavy atom. The second-order valence-corrected chi connectivity index (χ2v) is 3.45. The summed E-state index contributed by atoms with van der Waals surface area (Å²) in [7, 11) is 0. The number of benzene rings is 2. The summed E-state index contributed by atoms with van der Waals surface area (Å²) in [6.07, 6.45) is 0. The van der Waals surface area contributed by atoms with E-state index in [1.807, 2.05) is 6.07 Å². The average Bonchev–Trinajstić information content (AvgIpc) is 2.15. The molecule has 2 rings (SSSR count). The lowest BCUT2D eigenvalue weighted by molar-refractivity contribution is 0.478. The molecule has 0 unspecified atom stereocenters. The number of halogens is 1. The van der Waals surface area contributed by atoms with Crippen LogP contribution in [0.5, 0.6) is 5.75 Å². The molecule has 0 aromatic heterocycles. The van der Waals surface area contributed by atoms with Crippen LogP contribution in [0.3, 0.4) is 0 Å². The molecule has 0 spiro atoms. The Morgan fingerprint density at radius 2 is 2.00 bits per heavy atom. The normalized spacial score (nSPS) is 10.2. The molecule has 1 N–H and O–H groups in total. The van der Waals surface area contributed by atoms with Gasteiger partial charge in [-0.15, -0.1) is 0 Å². The molecule has 0 saturated carbocycles. The number of hydrogen-bond donors (Lipinski definition) is 1. The number of nitrogens with zero attached hydrogens (tertiary/aromatic N) is 1. The second-order valence-electron chi connectivity index (χ2n) is 3.45. The van der Waals surface area contributed by atoms with Gasteiger partial charge in [0.25, 0.3) is 0 Å². The molecule has 0 bridgehead atoms. The third-order valence-electron chi connectivity index (χ3n) is 2.25. The zero-order chi connectivity index (χ0) is 11.0. The first-order valence-electron chi connectivity index (χ1n) is 4.45. The number of phenols is 1. The van der Waals surface area contributed by atoms with Crippen molar-refractivity contribution >= 4 is 10.8 Å². The highest BCUT2D eigenvalue weighted by molar-refractivity contribution is 5.90. The van der Waals surface area contributed by atoms with Crippen molar-refractivity contribution in [1.82, 2.24) is 0 Å². The Balaban J connectivity index is 2.93. The Labute approximate surface area is 86.2 Å². The van der Waals surface area contributed by atoms with Gasteiger partial charge in [0, 0.05) is 0 Å². The van der Waals surface area contributed by atoms with Gasteiger partial charge < -0.3 is 5.11 Å². The van der Waals surface area contributed by atoms with Crippen LogP contribution in [0.4, 0.5) is 4.39 Å². The highest BCUT2D eigenvalue weighted by Crippen LogP contribution is 2.29. The van der Waals surface area contributed by atoms with Crippen LogP contribution in [-0.2, 0) is 0 Å². The third kappa shape index (κ3) is 1.50. The van der Waals surface area contributed by atoms with Gasteiger partial charge in [0.05, 0.1) is 17.0 Å². The topological polar surface area (TPSA) is 44.0 Å². The van der Waals surface area contributed by atoms with Crippen LogP contribution < -0.4 is 0 Å². The van der Waals surface area contributed by atoms with Crippen LogP contribution in [0.2, 0.25) is 0 Å². The van der Waals surface area contributed by atoms with Gasteiger partial charge in [-0.05, 0) is 36.1 Å². The molecule has 0 aliphatic rings. The van der Waals surface area contributed by atoms with E-state index in [2.05, 4.69) is 0 Å². The lowest BCUT2D eigenvalue weighted by Crippen LogP contribution is -1.85. The summed E-state index contributed by atoms with van der Waals surface area (Å²) < 4.78 is 13.5. The van der Waals surface area contributed by atoms with E-state index in [1.54, 1.807) is 19.1 Å². The van der Waals surface area contributed by atoms with Crippen molar-refractivity contribution in [2.45, 2.75) is 6.92 Å². The molecule has 0 amide bonds. The summed E-state index contributed by atoms with van der Waals surface area (Å²) in [6, 6.07) is 7.83. The minimum absolute atomic E-state index is 0.166. The van der Waals surface area contributed by atoms with Gasteiger partial charge in [-0.3, -0.25) is 0 Å². The lowest BCUT2D eigenvalue weighted by atomic mass is 10.0. The fourth-order valence-electron chi connectivity index (χ4n) is 1.65. The molecule has 0 saturated heterocycles. The van der Waals surface area contributed by atoms with Gasteiger partial charge in [0.2, 0.25) is 0 Å². The molecule has 2 nitrogen and oxygen atoms in total. The van der Waals surface area contributed by atoms with Crippen molar-refractivity contribution in [3.05, 3.63) is 41.2 Å². The molecule has 0 fully saturated rings. The lowest BCUT2D eigenvalue weighted by Gasteiger charge is -2.04. The molecule has 0 atom stereocenters. The molecule has 3 heteroatoms.